The monoisotopic (exact) mass is 551 g/mol. The van der Waals surface area contributed by atoms with E-state index in [4.69, 9.17) is 4.74 Å². The van der Waals surface area contributed by atoms with Gasteiger partial charge in [-0.1, -0.05) is 100 Å². The number of ether oxygens (including phenoxy) is 1. The molecular weight excluding hydrogens is 502 g/mol. The maximum atomic E-state index is 14.3. The highest BCUT2D eigenvalue weighted by Crippen LogP contribution is 2.26. The van der Waals surface area contributed by atoms with Crippen molar-refractivity contribution in [2.45, 2.75) is 105 Å². The van der Waals surface area contributed by atoms with Crippen molar-refractivity contribution in [1.82, 2.24) is 15.5 Å². The smallest absolute Gasteiger partial charge is 0.408 e. The number of unbranched alkanes of at least 4 members (excludes halogenated alkanes) is 3. The Bertz CT molecular complexity index is 1080. The number of hydrogen-bond donors (Lipinski definition) is 2. The van der Waals surface area contributed by atoms with E-state index in [1.165, 1.54) is 0 Å². The molecule has 2 aromatic carbocycles. The van der Waals surface area contributed by atoms with Crippen LogP contribution in [-0.4, -0.2) is 41.0 Å². The molecule has 0 aliphatic heterocycles. The highest BCUT2D eigenvalue weighted by molar-refractivity contribution is 5.92. The third-order valence-corrected chi connectivity index (χ3v) is 6.46. The zero-order chi connectivity index (χ0) is 29.7. The molecule has 3 amide bonds. The summed E-state index contributed by atoms with van der Waals surface area (Å²) in [6, 6.07) is 15.8. The summed E-state index contributed by atoms with van der Waals surface area (Å²) in [6.45, 7) is 14.2. The van der Waals surface area contributed by atoms with Crippen molar-refractivity contribution < 1.29 is 19.1 Å². The lowest BCUT2D eigenvalue weighted by molar-refractivity contribution is -0.143. The lowest BCUT2D eigenvalue weighted by Crippen LogP contribution is -2.53. The fourth-order valence-corrected chi connectivity index (χ4v) is 4.61. The number of nitrogens with zero attached hydrogens (tertiary/aromatic N) is 1. The predicted molar refractivity (Wildman–Crippen MR) is 161 cm³/mol. The fourth-order valence-electron chi connectivity index (χ4n) is 4.61. The molecule has 0 bridgehead atoms. The van der Waals surface area contributed by atoms with E-state index >= 15 is 0 Å². The van der Waals surface area contributed by atoms with Crippen LogP contribution in [0.25, 0.3) is 0 Å². The summed E-state index contributed by atoms with van der Waals surface area (Å²) in [4.78, 5) is 42.6. The van der Waals surface area contributed by atoms with E-state index in [9.17, 15) is 14.4 Å². The standard InChI is InChI=1S/C33H49N3O4/c1-8-9-10-14-20-36(31(38)28(21-24(2)3)35-32(39)40-33(5,6)7)29(27-19-15-16-25(4)22-27)30(37)34-23-26-17-12-11-13-18-26/h11-13,15-19,22,24,28-29H,8-10,14,20-21,23H2,1-7H3,(H,34,37)(H,35,39). The first kappa shape index (κ1) is 32.9. The highest BCUT2D eigenvalue weighted by atomic mass is 16.6. The van der Waals surface area contributed by atoms with E-state index < -0.39 is 23.8 Å². The van der Waals surface area contributed by atoms with E-state index in [1.54, 1.807) is 25.7 Å². The SMILES string of the molecule is CCCCCCN(C(=O)C(CC(C)C)NC(=O)OC(C)(C)C)C(C(=O)NCc1ccccc1)c1cccc(C)c1. The molecule has 2 unspecified atom stereocenters. The second-order valence-electron chi connectivity index (χ2n) is 11.9. The van der Waals surface area contributed by atoms with E-state index in [0.717, 1.165) is 42.4 Å². The number of alkyl carbamates (subject to hydrolysis) is 1. The van der Waals surface area contributed by atoms with Gasteiger partial charge in [0, 0.05) is 13.1 Å². The van der Waals surface area contributed by atoms with Crippen molar-refractivity contribution in [2.24, 2.45) is 5.92 Å². The Hall–Kier alpha value is -3.35. The van der Waals surface area contributed by atoms with Gasteiger partial charge in [-0.3, -0.25) is 9.59 Å². The molecule has 0 saturated carbocycles. The van der Waals surface area contributed by atoms with Crippen LogP contribution in [0.4, 0.5) is 4.79 Å². The summed E-state index contributed by atoms with van der Waals surface area (Å²) in [5.41, 5.74) is 2.03. The molecule has 0 spiro atoms. The van der Waals surface area contributed by atoms with Gasteiger partial charge in [0.15, 0.2) is 0 Å². The average Bonchev–Trinajstić information content (AvgIpc) is 2.87. The zero-order valence-electron chi connectivity index (χ0n) is 25.5. The largest absolute Gasteiger partial charge is 0.444 e. The van der Waals surface area contributed by atoms with Gasteiger partial charge >= 0.3 is 6.09 Å². The Morgan fingerprint density at radius 1 is 0.950 bits per heavy atom. The van der Waals surface area contributed by atoms with Crippen molar-refractivity contribution >= 4 is 17.9 Å². The minimum Gasteiger partial charge on any atom is -0.444 e. The number of aryl methyl sites for hydroxylation is 1. The molecule has 7 nitrogen and oxygen atoms in total. The second-order valence-corrected chi connectivity index (χ2v) is 11.9. The first-order chi connectivity index (χ1) is 18.9. The summed E-state index contributed by atoms with van der Waals surface area (Å²) < 4.78 is 5.49. The minimum absolute atomic E-state index is 0.134. The Labute approximate surface area is 241 Å². The second kappa shape index (κ2) is 16.0. The molecule has 2 aromatic rings. The maximum Gasteiger partial charge on any atom is 0.408 e. The van der Waals surface area contributed by atoms with Crippen LogP contribution in [0, 0.1) is 12.8 Å². The van der Waals surface area contributed by atoms with Gasteiger partial charge < -0.3 is 20.3 Å². The van der Waals surface area contributed by atoms with E-state index in [1.807, 2.05) is 75.4 Å². The van der Waals surface area contributed by atoms with E-state index in [0.29, 0.717) is 19.5 Å². The summed E-state index contributed by atoms with van der Waals surface area (Å²) in [5, 5.41) is 5.88. The molecule has 0 saturated heterocycles. The van der Waals surface area contributed by atoms with Crippen molar-refractivity contribution in [3.8, 4) is 0 Å². The molecule has 0 aliphatic carbocycles. The van der Waals surface area contributed by atoms with Crippen molar-refractivity contribution in [3.05, 3.63) is 71.3 Å². The van der Waals surface area contributed by atoms with Gasteiger partial charge in [0.2, 0.25) is 11.8 Å². The normalized spacial score (nSPS) is 12.9. The Morgan fingerprint density at radius 3 is 2.25 bits per heavy atom. The minimum atomic E-state index is -0.840. The van der Waals surface area contributed by atoms with E-state index in [-0.39, 0.29) is 17.7 Å². The molecule has 0 aromatic heterocycles. The molecule has 0 heterocycles. The Morgan fingerprint density at radius 2 is 1.65 bits per heavy atom. The number of carbonyl (C=O) groups excluding carboxylic acids is 3. The maximum absolute atomic E-state index is 14.3. The summed E-state index contributed by atoms with van der Waals surface area (Å²) in [7, 11) is 0. The molecule has 0 radical (unpaired) electrons. The fraction of sp³-hybridized carbons (Fsp3) is 0.545. The van der Waals surface area contributed by atoms with Crippen LogP contribution in [0.1, 0.15) is 96.4 Å². The van der Waals surface area contributed by atoms with Crippen LogP contribution in [-0.2, 0) is 20.9 Å². The first-order valence-electron chi connectivity index (χ1n) is 14.6. The van der Waals surface area contributed by atoms with Crippen molar-refractivity contribution in [2.75, 3.05) is 6.54 Å². The van der Waals surface area contributed by atoms with E-state index in [2.05, 4.69) is 17.6 Å². The summed E-state index contributed by atoms with van der Waals surface area (Å²) in [6.07, 6.45) is 3.59. The van der Waals surface area contributed by atoms with Gasteiger partial charge in [0.25, 0.3) is 0 Å². The third-order valence-electron chi connectivity index (χ3n) is 6.46. The van der Waals surface area contributed by atoms with Gasteiger partial charge in [0.1, 0.15) is 17.7 Å². The quantitative estimate of drug-likeness (QED) is 0.256. The van der Waals surface area contributed by atoms with Crippen LogP contribution < -0.4 is 10.6 Å². The Balaban J connectivity index is 2.47. The first-order valence-corrected chi connectivity index (χ1v) is 14.6. The molecule has 7 heteroatoms. The number of nitrogens with one attached hydrogen (secondary N) is 2. The summed E-state index contributed by atoms with van der Waals surface area (Å²) in [5.74, 6) is -0.397. The molecule has 220 valence electrons. The molecular formula is C33H49N3O4. The van der Waals surface area contributed by atoms with Crippen LogP contribution in [0.5, 0.6) is 0 Å². The Kier molecular flexibility index (Phi) is 13.2. The molecule has 2 rings (SSSR count). The lowest BCUT2D eigenvalue weighted by atomic mass is 9.97. The molecule has 0 fully saturated rings. The third kappa shape index (κ3) is 11.4. The van der Waals surface area contributed by atoms with Crippen molar-refractivity contribution in [3.63, 3.8) is 0 Å². The topological polar surface area (TPSA) is 87.7 Å². The predicted octanol–water partition coefficient (Wildman–Crippen LogP) is 6.70. The van der Waals surface area contributed by atoms with Gasteiger partial charge in [-0.05, 0) is 57.6 Å². The van der Waals surface area contributed by atoms with Crippen LogP contribution in [0.15, 0.2) is 54.6 Å². The molecule has 40 heavy (non-hydrogen) atoms. The average molecular weight is 552 g/mol. The van der Waals surface area contributed by atoms with Crippen LogP contribution in [0.3, 0.4) is 0 Å². The molecule has 2 N–H and O–H groups in total. The van der Waals surface area contributed by atoms with Gasteiger partial charge in [-0.2, -0.15) is 0 Å². The summed E-state index contributed by atoms with van der Waals surface area (Å²) >= 11 is 0. The lowest BCUT2D eigenvalue weighted by Gasteiger charge is -2.35. The van der Waals surface area contributed by atoms with Gasteiger partial charge in [0.05, 0.1) is 0 Å². The van der Waals surface area contributed by atoms with Crippen molar-refractivity contribution in [1.29, 1.82) is 0 Å². The zero-order valence-corrected chi connectivity index (χ0v) is 25.5. The number of carbonyl (C=O) groups is 3. The van der Waals surface area contributed by atoms with Crippen LogP contribution >= 0.6 is 0 Å². The van der Waals surface area contributed by atoms with Gasteiger partial charge in [-0.15, -0.1) is 0 Å². The molecule has 2 atom stereocenters. The van der Waals surface area contributed by atoms with Crippen LogP contribution in [0.2, 0.25) is 0 Å². The number of benzene rings is 2. The number of hydrogen-bond acceptors (Lipinski definition) is 4. The molecule has 0 aliphatic rings. The van der Waals surface area contributed by atoms with Gasteiger partial charge in [-0.25, -0.2) is 4.79 Å². The highest BCUT2D eigenvalue weighted by Gasteiger charge is 2.36. The number of amides is 3. The number of rotatable bonds is 14.